The lowest BCUT2D eigenvalue weighted by atomic mass is 10.0. The van der Waals surface area contributed by atoms with Crippen LogP contribution in [0.4, 0.5) is 5.69 Å². The molecular weight excluding hydrogens is 402 g/mol. The van der Waals surface area contributed by atoms with Gasteiger partial charge in [0.1, 0.15) is 5.75 Å². The molecule has 8 nitrogen and oxygen atoms in total. The smallest absolute Gasteiger partial charge is 0.238 e. The summed E-state index contributed by atoms with van der Waals surface area (Å²) in [6.07, 6.45) is 5.46. The summed E-state index contributed by atoms with van der Waals surface area (Å²) in [5.41, 5.74) is 3.42. The third kappa shape index (κ3) is 4.07. The Morgan fingerprint density at radius 1 is 1.20 bits per heavy atom. The van der Waals surface area contributed by atoms with Crippen LogP contribution in [0.3, 0.4) is 0 Å². The van der Waals surface area contributed by atoms with Gasteiger partial charge in [-0.2, -0.15) is 10.2 Å². The van der Waals surface area contributed by atoms with Crippen LogP contribution in [0.25, 0.3) is 0 Å². The minimum absolute atomic E-state index is 0.0509. The summed E-state index contributed by atoms with van der Waals surface area (Å²) in [4.78, 5) is 0.0509. The molecule has 0 saturated carbocycles. The lowest BCUT2D eigenvalue weighted by Crippen LogP contribution is -2.18. The summed E-state index contributed by atoms with van der Waals surface area (Å²) < 4.78 is 25.1. The maximum absolute atomic E-state index is 11.6. The summed E-state index contributed by atoms with van der Waals surface area (Å²) in [7, 11) is -3.77. The highest BCUT2D eigenvalue weighted by atomic mass is 32.2. The number of anilines is 1. The van der Waals surface area contributed by atoms with E-state index in [9.17, 15) is 13.5 Å². The van der Waals surface area contributed by atoms with Gasteiger partial charge in [-0.3, -0.25) is 9.69 Å². The molecule has 1 aromatic heterocycles. The maximum Gasteiger partial charge on any atom is 0.238 e. The van der Waals surface area contributed by atoms with Gasteiger partial charge < -0.3 is 5.11 Å². The van der Waals surface area contributed by atoms with Crippen molar-refractivity contribution >= 4 is 21.4 Å². The Balaban J connectivity index is 1.73. The normalized spacial score (nSPS) is 16.7. The first-order valence-corrected chi connectivity index (χ1v) is 11.2. The second-order valence-corrected chi connectivity index (χ2v) is 8.80. The van der Waals surface area contributed by atoms with Crippen LogP contribution in [0.15, 0.2) is 70.9 Å². The van der Waals surface area contributed by atoms with E-state index in [-0.39, 0.29) is 16.7 Å². The zero-order chi connectivity index (χ0) is 21.3. The number of primary sulfonamides is 1. The Hall–Kier alpha value is -3.17. The number of benzene rings is 2. The Kier molecular flexibility index (Phi) is 5.31. The number of hydrazone groups is 1. The van der Waals surface area contributed by atoms with E-state index in [1.54, 1.807) is 30.3 Å². The minimum atomic E-state index is -3.77. The quantitative estimate of drug-likeness (QED) is 0.630. The molecule has 2 aromatic carbocycles. The lowest BCUT2D eigenvalue weighted by Gasteiger charge is -2.22. The summed E-state index contributed by atoms with van der Waals surface area (Å²) in [6.45, 7) is 2.93. The van der Waals surface area contributed by atoms with Gasteiger partial charge >= 0.3 is 0 Å². The number of sulfonamides is 1. The molecule has 1 aliphatic heterocycles. The van der Waals surface area contributed by atoms with Gasteiger partial charge in [-0.25, -0.2) is 13.6 Å². The summed E-state index contributed by atoms with van der Waals surface area (Å²) in [5.74, 6) is 0.179. The van der Waals surface area contributed by atoms with E-state index < -0.39 is 10.0 Å². The molecule has 4 rings (SSSR count). The third-order valence-electron chi connectivity index (χ3n) is 5.01. The van der Waals surface area contributed by atoms with E-state index >= 15 is 0 Å². The number of aryl methyl sites for hydroxylation is 1. The first kappa shape index (κ1) is 20.1. The highest BCUT2D eigenvalue weighted by Gasteiger charge is 2.31. The Labute approximate surface area is 175 Å². The van der Waals surface area contributed by atoms with Crippen molar-refractivity contribution in [1.29, 1.82) is 0 Å². The molecule has 1 aliphatic rings. The van der Waals surface area contributed by atoms with Gasteiger partial charge in [-0.05, 0) is 42.8 Å². The first-order valence-electron chi connectivity index (χ1n) is 9.66. The van der Waals surface area contributed by atoms with Gasteiger partial charge in [-0.1, -0.05) is 19.1 Å². The SMILES string of the molecule is CCCn1cc(C2CC(c3cccc(O)c3)=NN2c2ccc(S(N)(=O)=O)cc2)cn1. The van der Waals surface area contributed by atoms with Crippen LogP contribution in [0.2, 0.25) is 0 Å². The molecule has 0 fully saturated rings. The molecule has 1 unspecified atom stereocenters. The molecular formula is C21H23N5O3S. The lowest BCUT2D eigenvalue weighted by molar-refractivity contribution is 0.475. The molecule has 3 N–H and O–H groups in total. The molecule has 2 heterocycles. The van der Waals surface area contributed by atoms with Crippen molar-refractivity contribution in [3.8, 4) is 5.75 Å². The van der Waals surface area contributed by atoms with Crippen molar-refractivity contribution in [1.82, 2.24) is 9.78 Å². The number of aromatic nitrogens is 2. The van der Waals surface area contributed by atoms with Crippen molar-refractivity contribution in [3.05, 3.63) is 72.1 Å². The van der Waals surface area contributed by atoms with Gasteiger partial charge in [0.2, 0.25) is 10.0 Å². The number of hydrogen-bond donors (Lipinski definition) is 2. The Morgan fingerprint density at radius 3 is 2.63 bits per heavy atom. The molecule has 156 valence electrons. The summed E-state index contributed by atoms with van der Waals surface area (Å²) >= 11 is 0. The molecule has 3 aromatic rings. The molecule has 0 amide bonds. The van der Waals surface area contributed by atoms with Crippen molar-refractivity contribution in [2.24, 2.45) is 10.2 Å². The number of phenols is 1. The van der Waals surface area contributed by atoms with Crippen LogP contribution in [0.5, 0.6) is 5.75 Å². The number of aromatic hydroxyl groups is 1. The van der Waals surface area contributed by atoms with E-state index in [2.05, 4.69) is 12.0 Å². The van der Waals surface area contributed by atoms with E-state index in [1.807, 2.05) is 28.2 Å². The monoisotopic (exact) mass is 425 g/mol. The summed E-state index contributed by atoms with van der Waals surface area (Å²) in [5, 5.41) is 26.2. The fourth-order valence-corrected chi connectivity index (χ4v) is 4.07. The fraction of sp³-hybridized carbons (Fsp3) is 0.238. The molecule has 0 aliphatic carbocycles. The van der Waals surface area contributed by atoms with Crippen molar-refractivity contribution < 1.29 is 13.5 Å². The average Bonchev–Trinajstić information content (AvgIpc) is 3.35. The van der Waals surface area contributed by atoms with Crippen molar-refractivity contribution in [3.63, 3.8) is 0 Å². The van der Waals surface area contributed by atoms with Crippen LogP contribution in [0.1, 0.15) is 36.9 Å². The Morgan fingerprint density at radius 2 is 1.97 bits per heavy atom. The van der Waals surface area contributed by atoms with E-state index in [1.165, 1.54) is 12.1 Å². The Bertz CT molecular complexity index is 1190. The van der Waals surface area contributed by atoms with Gasteiger partial charge in [0.05, 0.1) is 28.5 Å². The zero-order valence-corrected chi connectivity index (χ0v) is 17.3. The standard InChI is InChI=1S/C21H23N5O3S/c1-2-10-25-14-16(13-23-25)21-12-20(15-4-3-5-18(27)11-15)24-26(21)17-6-8-19(9-7-17)30(22,28)29/h3-9,11,13-14,21,27H,2,10,12H2,1H3,(H2,22,28,29). The minimum Gasteiger partial charge on any atom is -0.508 e. The number of nitrogens with zero attached hydrogens (tertiary/aromatic N) is 4. The maximum atomic E-state index is 11.6. The molecule has 0 saturated heterocycles. The number of phenolic OH excluding ortho intramolecular Hbond substituents is 1. The first-order chi connectivity index (χ1) is 14.3. The molecule has 9 heteroatoms. The fourth-order valence-electron chi connectivity index (χ4n) is 3.56. The molecule has 0 bridgehead atoms. The van der Waals surface area contributed by atoms with E-state index in [0.717, 1.165) is 35.5 Å². The van der Waals surface area contributed by atoms with E-state index in [0.29, 0.717) is 6.42 Å². The highest BCUT2D eigenvalue weighted by Crippen LogP contribution is 2.37. The third-order valence-corrected chi connectivity index (χ3v) is 5.94. The summed E-state index contributed by atoms with van der Waals surface area (Å²) in [6, 6.07) is 13.2. The highest BCUT2D eigenvalue weighted by molar-refractivity contribution is 7.89. The number of hydrogen-bond acceptors (Lipinski definition) is 6. The predicted octanol–water partition coefficient (Wildman–Crippen LogP) is 3.00. The van der Waals surface area contributed by atoms with Crippen LogP contribution in [-0.4, -0.2) is 29.0 Å². The van der Waals surface area contributed by atoms with Crippen molar-refractivity contribution in [2.75, 3.05) is 5.01 Å². The molecule has 1 atom stereocenters. The average molecular weight is 426 g/mol. The van der Waals surface area contributed by atoms with Gasteiger partial charge in [-0.15, -0.1) is 0 Å². The van der Waals surface area contributed by atoms with Crippen LogP contribution >= 0.6 is 0 Å². The van der Waals surface area contributed by atoms with Crippen molar-refractivity contribution in [2.45, 2.75) is 37.2 Å². The van der Waals surface area contributed by atoms with Crippen LogP contribution < -0.4 is 10.1 Å². The van der Waals surface area contributed by atoms with Gasteiger partial charge in [0, 0.05) is 30.3 Å². The molecule has 0 spiro atoms. The number of rotatable bonds is 6. The zero-order valence-electron chi connectivity index (χ0n) is 16.5. The molecule has 30 heavy (non-hydrogen) atoms. The number of nitrogens with two attached hydrogens (primary N) is 1. The molecule has 0 radical (unpaired) electrons. The topological polar surface area (TPSA) is 114 Å². The second-order valence-electron chi connectivity index (χ2n) is 7.24. The predicted molar refractivity (Wildman–Crippen MR) is 115 cm³/mol. The van der Waals surface area contributed by atoms with Gasteiger partial charge in [0.15, 0.2) is 0 Å². The largest absolute Gasteiger partial charge is 0.508 e. The second kappa shape index (κ2) is 7.92. The van der Waals surface area contributed by atoms with Crippen LogP contribution in [-0.2, 0) is 16.6 Å². The van der Waals surface area contributed by atoms with Crippen LogP contribution in [0, 0.1) is 0 Å². The van der Waals surface area contributed by atoms with E-state index in [4.69, 9.17) is 10.2 Å². The van der Waals surface area contributed by atoms with Gasteiger partial charge in [0.25, 0.3) is 0 Å².